The normalized spacial score (nSPS) is 12.3. The summed E-state index contributed by atoms with van der Waals surface area (Å²) in [6.07, 6.45) is -1.05. The summed E-state index contributed by atoms with van der Waals surface area (Å²) < 4.78 is 19.0. The maximum Gasteiger partial charge on any atom is 0.147 e. The van der Waals surface area contributed by atoms with Crippen LogP contribution in [-0.2, 0) is 0 Å². The van der Waals surface area contributed by atoms with Crippen LogP contribution >= 0.6 is 11.6 Å². The summed E-state index contributed by atoms with van der Waals surface area (Å²) in [5, 5.41) is 10.3. The van der Waals surface area contributed by atoms with Crippen molar-refractivity contribution in [2.75, 3.05) is 7.11 Å². The minimum atomic E-state index is -1.05. The van der Waals surface area contributed by atoms with Gasteiger partial charge in [0.15, 0.2) is 0 Å². The van der Waals surface area contributed by atoms with E-state index >= 15 is 0 Å². The van der Waals surface area contributed by atoms with Gasteiger partial charge in [-0.3, -0.25) is 0 Å². The number of halogens is 2. The molecule has 2 nitrogen and oxygen atoms in total. The van der Waals surface area contributed by atoms with Crippen molar-refractivity contribution in [2.45, 2.75) is 13.0 Å². The Morgan fingerprint density at radius 2 is 1.95 bits per heavy atom. The summed E-state index contributed by atoms with van der Waals surface area (Å²) in [6, 6.07) is 9.83. The molecule has 0 heterocycles. The molecule has 0 saturated carbocycles. The molecule has 0 aliphatic rings. The van der Waals surface area contributed by atoms with E-state index in [4.69, 9.17) is 16.3 Å². The Morgan fingerprint density at radius 1 is 1.21 bits per heavy atom. The zero-order chi connectivity index (χ0) is 14.0. The third kappa shape index (κ3) is 2.72. The fourth-order valence-electron chi connectivity index (χ4n) is 1.98. The van der Waals surface area contributed by atoms with Crippen molar-refractivity contribution in [3.05, 3.63) is 63.9 Å². The molecule has 0 radical (unpaired) electrons. The molecule has 0 amide bonds. The summed E-state index contributed by atoms with van der Waals surface area (Å²) in [5.74, 6) is 0.104. The van der Waals surface area contributed by atoms with Crippen LogP contribution in [0.5, 0.6) is 5.75 Å². The van der Waals surface area contributed by atoms with Gasteiger partial charge >= 0.3 is 0 Å². The van der Waals surface area contributed by atoms with Crippen molar-refractivity contribution in [1.29, 1.82) is 0 Å². The fourth-order valence-corrected chi connectivity index (χ4v) is 2.16. The van der Waals surface area contributed by atoms with Crippen molar-refractivity contribution in [2.24, 2.45) is 0 Å². The molecule has 2 rings (SSSR count). The van der Waals surface area contributed by atoms with E-state index in [1.165, 1.54) is 12.1 Å². The quantitative estimate of drug-likeness (QED) is 0.924. The molecule has 2 aromatic rings. The van der Waals surface area contributed by atoms with Gasteiger partial charge in [-0.2, -0.15) is 0 Å². The summed E-state index contributed by atoms with van der Waals surface area (Å²) in [7, 11) is 1.57. The van der Waals surface area contributed by atoms with E-state index in [2.05, 4.69) is 0 Å². The van der Waals surface area contributed by atoms with Crippen LogP contribution in [0.2, 0.25) is 5.02 Å². The number of rotatable bonds is 3. The molecule has 0 fully saturated rings. The van der Waals surface area contributed by atoms with E-state index in [0.717, 1.165) is 5.56 Å². The van der Waals surface area contributed by atoms with Gasteiger partial charge in [-0.05, 0) is 36.2 Å². The van der Waals surface area contributed by atoms with Crippen LogP contribution in [0.1, 0.15) is 22.8 Å². The first-order valence-corrected chi connectivity index (χ1v) is 6.19. The van der Waals surface area contributed by atoms with E-state index in [-0.39, 0.29) is 10.6 Å². The highest BCUT2D eigenvalue weighted by molar-refractivity contribution is 6.30. The zero-order valence-corrected chi connectivity index (χ0v) is 11.4. The van der Waals surface area contributed by atoms with Crippen molar-refractivity contribution < 1.29 is 14.2 Å². The molecule has 2 aromatic carbocycles. The Bertz CT molecular complexity index is 599. The van der Waals surface area contributed by atoms with Crippen molar-refractivity contribution >= 4 is 11.6 Å². The fraction of sp³-hybridized carbons (Fsp3) is 0.200. The molecule has 0 bridgehead atoms. The lowest BCUT2D eigenvalue weighted by atomic mass is 9.97. The Labute approximate surface area is 116 Å². The molecule has 1 unspecified atom stereocenters. The minimum Gasteiger partial charge on any atom is -0.497 e. The Hall–Kier alpha value is -1.58. The summed E-state index contributed by atoms with van der Waals surface area (Å²) >= 11 is 5.73. The van der Waals surface area contributed by atoms with Gasteiger partial charge in [0.1, 0.15) is 17.7 Å². The maximum absolute atomic E-state index is 13.9. The molecule has 100 valence electrons. The van der Waals surface area contributed by atoms with Crippen LogP contribution in [0.4, 0.5) is 4.39 Å². The van der Waals surface area contributed by atoms with Gasteiger partial charge in [-0.15, -0.1) is 0 Å². The first-order chi connectivity index (χ1) is 9.04. The average molecular weight is 281 g/mol. The lowest BCUT2D eigenvalue weighted by Gasteiger charge is -2.16. The number of methoxy groups -OCH3 is 1. The lowest BCUT2D eigenvalue weighted by molar-refractivity contribution is 0.214. The number of hydrogen-bond donors (Lipinski definition) is 1. The SMILES string of the molecule is COc1ccc(C(O)c2cccc(Cl)c2F)c(C)c1. The number of aryl methyl sites for hydroxylation is 1. The molecule has 0 saturated heterocycles. The summed E-state index contributed by atoms with van der Waals surface area (Å²) in [4.78, 5) is 0. The van der Waals surface area contributed by atoms with Crippen LogP contribution in [0.25, 0.3) is 0 Å². The third-order valence-corrected chi connectivity index (χ3v) is 3.34. The van der Waals surface area contributed by atoms with Crippen LogP contribution in [0, 0.1) is 12.7 Å². The molecule has 0 aliphatic heterocycles. The maximum atomic E-state index is 13.9. The lowest BCUT2D eigenvalue weighted by Crippen LogP contribution is -2.05. The standard InChI is InChI=1S/C15H14ClFO2/c1-9-8-10(19-2)6-7-11(9)15(18)12-4-3-5-13(16)14(12)17/h3-8,15,18H,1-2H3. The van der Waals surface area contributed by atoms with Crippen LogP contribution in [-0.4, -0.2) is 12.2 Å². The van der Waals surface area contributed by atoms with Gasteiger partial charge in [-0.25, -0.2) is 4.39 Å². The number of aliphatic hydroxyl groups is 1. The first kappa shape index (κ1) is 13.8. The highest BCUT2D eigenvalue weighted by atomic mass is 35.5. The second kappa shape index (κ2) is 5.59. The van der Waals surface area contributed by atoms with Crippen LogP contribution < -0.4 is 4.74 Å². The molecular formula is C15H14ClFO2. The molecular weight excluding hydrogens is 267 g/mol. The van der Waals surface area contributed by atoms with Gasteiger partial charge < -0.3 is 9.84 Å². The monoisotopic (exact) mass is 280 g/mol. The van der Waals surface area contributed by atoms with Crippen LogP contribution in [0.15, 0.2) is 36.4 Å². The number of benzene rings is 2. The van der Waals surface area contributed by atoms with Gasteiger partial charge in [0, 0.05) is 5.56 Å². The predicted molar refractivity (Wildman–Crippen MR) is 73.2 cm³/mol. The topological polar surface area (TPSA) is 29.5 Å². The highest BCUT2D eigenvalue weighted by Gasteiger charge is 2.18. The second-order valence-corrected chi connectivity index (χ2v) is 4.68. The molecule has 4 heteroatoms. The van der Waals surface area contributed by atoms with E-state index in [1.807, 2.05) is 6.92 Å². The Morgan fingerprint density at radius 3 is 2.58 bits per heavy atom. The Kier molecular flexibility index (Phi) is 4.08. The number of ether oxygens (including phenoxy) is 1. The molecule has 1 atom stereocenters. The first-order valence-electron chi connectivity index (χ1n) is 5.81. The third-order valence-electron chi connectivity index (χ3n) is 3.05. The molecule has 0 spiro atoms. The molecule has 0 aromatic heterocycles. The largest absolute Gasteiger partial charge is 0.497 e. The molecule has 19 heavy (non-hydrogen) atoms. The van der Waals surface area contributed by atoms with Gasteiger partial charge in [-0.1, -0.05) is 29.8 Å². The van der Waals surface area contributed by atoms with E-state index in [1.54, 1.807) is 31.4 Å². The minimum absolute atomic E-state index is 0.00251. The smallest absolute Gasteiger partial charge is 0.147 e. The average Bonchev–Trinajstić information content (AvgIpc) is 2.41. The van der Waals surface area contributed by atoms with E-state index in [9.17, 15) is 9.50 Å². The van der Waals surface area contributed by atoms with Gasteiger partial charge in [0.2, 0.25) is 0 Å². The number of hydrogen-bond acceptors (Lipinski definition) is 2. The van der Waals surface area contributed by atoms with Crippen molar-refractivity contribution in [3.63, 3.8) is 0 Å². The zero-order valence-electron chi connectivity index (χ0n) is 10.7. The van der Waals surface area contributed by atoms with Crippen molar-refractivity contribution in [3.8, 4) is 5.75 Å². The van der Waals surface area contributed by atoms with Gasteiger partial charge in [0.05, 0.1) is 12.1 Å². The van der Waals surface area contributed by atoms with E-state index < -0.39 is 11.9 Å². The molecule has 0 aliphatic carbocycles. The van der Waals surface area contributed by atoms with Gasteiger partial charge in [0.25, 0.3) is 0 Å². The predicted octanol–water partition coefficient (Wildman–Crippen LogP) is 3.88. The van der Waals surface area contributed by atoms with Crippen molar-refractivity contribution in [1.82, 2.24) is 0 Å². The molecule has 1 N–H and O–H groups in total. The highest BCUT2D eigenvalue weighted by Crippen LogP contribution is 2.31. The van der Waals surface area contributed by atoms with Crippen LogP contribution in [0.3, 0.4) is 0 Å². The second-order valence-electron chi connectivity index (χ2n) is 4.27. The Balaban J connectivity index is 2.44. The van der Waals surface area contributed by atoms with E-state index in [0.29, 0.717) is 11.3 Å². The number of aliphatic hydroxyl groups excluding tert-OH is 1. The summed E-state index contributed by atoms with van der Waals surface area (Å²) in [5.41, 5.74) is 1.62. The summed E-state index contributed by atoms with van der Waals surface area (Å²) in [6.45, 7) is 1.84.